The number of esters is 1. The van der Waals surface area contributed by atoms with Crippen LogP contribution >= 0.6 is 0 Å². The summed E-state index contributed by atoms with van der Waals surface area (Å²) in [6, 6.07) is 17.5. The van der Waals surface area contributed by atoms with E-state index in [1.807, 2.05) is 65.3 Å². The van der Waals surface area contributed by atoms with Crippen molar-refractivity contribution in [1.29, 1.82) is 0 Å². The molecule has 0 saturated carbocycles. The van der Waals surface area contributed by atoms with Crippen LogP contribution in [-0.4, -0.2) is 38.6 Å². The molecule has 0 spiro atoms. The molecule has 2 aromatic carbocycles. The highest BCUT2D eigenvalue weighted by Crippen LogP contribution is 2.39. The Morgan fingerprint density at radius 1 is 1.06 bits per heavy atom. The minimum absolute atomic E-state index is 0.0424. The standard InChI is InChI=1S/C27H25N3O3/c1-29-24(11-12-28-29)20-14-21-8-9-22(15-20)30(21)26(31)18-7-10-23-19(13-18)16-25(33-27(23)32)17-5-3-2-4-6-17/h2-7,10-14,21-22,25H,8-9,15-16H2,1H3. The van der Waals surface area contributed by atoms with Gasteiger partial charge in [-0.25, -0.2) is 4.79 Å². The third-order valence-corrected chi connectivity index (χ3v) is 7.18. The Balaban J connectivity index is 1.28. The first-order valence-electron chi connectivity index (χ1n) is 11.5. The first kappa shape index (κ1) is 20.0. The molecular weight excluding hydrogens is 414 g/mol. The van der Waals surface area contributed by atoms with Gasteiger partial charge in [0.2, 0.25) is 0 Å². The Hall–Kier alpha value is -3.67. The van der Waals surface area contributed by atoms with E-state index in [1.54, 1.807) is 12.1 Å². The number of benzene rings is 2. The topological polar surface area (TPSA) is 64.4 Å². The van der Waals surface area contributed by atoms with Gasteiger partial charge >= 0.3 is 5.97 Å². The molecule has 1 saturated heterocycles. The van der Waals surface area contributed by atoms with E-state index in [9.17, 15) is 9.59 Å². The normalized spacial score (nSPS) is 23.7. The predicted molar refractivity (Wildman–Crippen MR) is 124 cm³/mol. The number of fused-ring (bicyclic) bond motifs is 3. The van der Waals surface area contributed by atoms with Gasteiger partial charge < -0.3 is 9.64 Å². The minimum Gasteiger partial charge on any atom is -0.454 e. The molecule has 1 fully saturated rings. The van der Waals surface area contributed by atoms with E-state index < -0.39 is 0 Å². The number of carbonyl (C=O) groups excluding carboxylic acids is 2. The van der Waals surface area contributed by atoms with Gasteiger partial charge in [0, 0.05) is 31.3 Å². The molecule has 3 aliphatic heterocycles. The fourth-order valence-corrected chi connectivity index (χ4v) is 5.56. The second kappa shape index (κ2) is 7.73. The number of nitrogens with zero attached hydrogens (tertiary/aromatic N) is 3. The zero-order valence-electron chi connectivity index (χ0n) is 18.5. The molecule has 3 atom stereocenters. The van der Waals surface area contributed by atoms with Crippen LogP contribution in [0, 0.1) is 0 Å². The van der Waals surface area contributed by atoms with Crippen LogP contribution in [0.25, 0.3) is 5.57 Å². The molecule has 1 amide bonds. The Bertz CT molecular complexity index is 1280. The predicted octanol–water partition coefficient (Wildman–Crippen LogP) is 4.33. The molecule has 33 heavy (non-hydrogen) atoms. The van der Waals surface area contributed by atoms with E-state index in [4.69, 9.17) is 4.74 Å². The average Bonchev–Trinajstić information content (AvgIpc) is 3.38. The van der Waals surface area contributed by atoms with Crippen molar-refractivity contribution in [3.05, 3.63) is 94.8 Å². The fourth-order valence-electron chi connectivity index (χ4n) is 5.56. The number of amides is 1. The molecule has 0 radical (unpaired) electrons. The van der Waals surface area contributed by atoms with Gasteiger partial charge in [-0.05, 0) is 60.2 Å². The van der Waals surface area contributed by atoms with Crippen LogP contribution in [0.4, 0.5) is 0 Å². The van der Waals surface area contributed by atoms with E-state index in [1.165, 1.54) is 5.57 Å². The fraction of sp³-hybridized carbons (Fsp3) is 0.296. The summed E-state index contributed by atoms with van der Waals surface area (Å²) in [5, 5.41) is 4.30. The molecule has 3 aromatic rings. The van der Waals surface area contributed by atoms with Crippen LogP contribution in [0.15, 0.2) is 66.9 Å². The highest BCUT2D eigenvalue weighted by atomic mass is 16.5. The second-order valence-corrected chi connectivity index (χ2v) is 9.13. The van der Waals surface area contributed by atoms with Gasteiger partial charge in [-0.2, -0.15) is 5.10 Å². The van der Waals surface area contributed by atoms with Crippen molar-refractivity contribution in [1.82, 2.24) is 14.7 Å². The second-order valence-electron chi connectivity index (χ2n) is 9.13. The summed E-state index contributed by atoms with van der Waals surface area (Å²) in [4.78, 5) is 28.3. The maximum absolute atomic E-state index is 13.6. The quantitative estimate of drug-likeness (QED) is 0.570. The van der Waals surface area contributed by atoms with Crippen LogP contribution in [0.5, 0.6) is 0 Å². The molecule has 6 heteroatoms. The first-order chi connectivity index (χ1) is 16.1. The number of hydrogen-bond donors (Lipinski definition) is 0. The first-order valence-corrected chi connectivity index (χ1v) is 11.5. The summed E-state index contributed by atoms with van der Waals surface area (Å²) >= 11 is 0. The van der Waals surface area contributed by atoms with Crippen molar-refractivity contribution < 1.29 is 14.3 Å². The van der Waals surface area contributed by atoms with Crippen molar-refractivity contribution >= 4 is 17.4 Å². The lowest BCUT2D eigenvalue weighted by atomic mass is 9.92. The Labute approximate surface area is 192 Å². The van der Waals surface area contributed by atoms with Gasteiger partial charge in [0.1, 0.15) is 6.10 Å². The van der Waals surface area contributed by atoms with Gasteiger partial charge in [-0.1, -0.05) is 36.4 Å². The van der Waals surface area contributed by atoms with Crippen molar-refractivity contribution in [3.63, 3.8) is 0 Å². The lowest BCUT2D eigenvalue weighted by molar-refractivity contribution is 0.0252. The summed E-state index contributed by atoms with van der Waals surface area (Å²) in [6.07, 6.45) is 7.12. The molecule has 2 bridgehead atoms. The van der Waals surface area contributed by atoms with Gasteiger partial charge in [-0.3, -0.25) is 9.48 Å². The number of carbonyl (C=O) groups is 2. The van der Waals surface area contributed by atoms with Crippen LogP contribution in [-0.2, 0) is 18.2 Å². The molecule has 166 valence electrons. The molecule has 1 aromatic heterocycles. The summed E-state index contributed by atoms with van der Waals surface area (Å²) in [7, 11) is 1.95. The number of ether oxygens (including phenoxy) is 1. The van der Waals surface area contributed by atoms with Crippen LogP contribution in [0.3, 0.4) is 0 Å². The Morgan fingerprint density at radius 3 is 2.67 bits per heavy atom. The van der Waals surface area contributed by atoms with Crippen molar-refractivity contribution in [3.8, 4) is 0 Å². The molecule has 4 heterocycles. The summed E-state index contributed by atoms with van der Waals surface area (Å²) < 4.78 is 7.56. The van der Waals surface area contributed by atoms with Gasteiger partial charge in [0.05, 0.1) is 17.3 Å². The average molecular weight is 440 g/mol. The van der Waals surface area contributed by atoms with Crippen LogP contribution in [0.1, 0.15) is 62.9 Å². The monoisotopic (exact) mass is 439 g/mol. The third kappa shape index (κ3) is 3.37. The van der Waals surface area contributed by atoms with E-state index in [-0.39, 0.29) is 30.1 Å². The van der Waals surface area contributed by atoms with Crippen LogP contribution < -0.4 is 0 Å². The number of aromatic nitrogens is 2. The van der Waals surface area contributed by atoms with Gasteiger partial charge in [-0.15, -0.1) is 0 Å². The smallest absolute Gasteiger partial charge is 0.339 e. The summed E-state index contributed by atoms with van der Waals surface area (Å²) in [6.45, 7) is 0. The number of cyclic esters (lactones) is 1. The highest BCUT2D eigenvalue weighted by molar-refractivity contribution is 5.98. The molecule has 6 nitrogen and oxygen atoms in total. The molecule has 6 rings (SSSR count). The molecule has 3 unspecified atom stereocenters. The minimum atomic E-state index is -0.328. The SMILES string of the molecule is Cn1nccc1C1=CC2CCC(C1)N2C(=O)c1ccc2c(c1)CC(c1ccccc1)OC2=O. The lowest BCUT2D eigenvalue weighted by Crippen LogP contribution is -2.43. The molecule has 0 aliphatic carbocycles. The molecular formula is C27H25N3O3. The number of aryl methyl sites for hydroxylation is 1. The molecule has 3 aliphatic rings. The largest absolute Gasteiger partial charge is 0.454 e. The van der Waals surface area contributed by atoms with E-state index in [0.29, 0.717) is 17.5 Å². The van der Waals surface area contributed by atoms with Gasteiger partial charge in [0.15, 0.2) is 0 Å². The zero-order valence-corrected chi connectivity index (χ0v) is 18.5. The van der Waals surface area contributed by atoms with Crippen molar-refractivity contribution in [2.75, 3.05) is 0 Å². The Morgan fingerprint density at radius 2 is 1.91 bits per heavy atom. The third-order valence-electron chi connectivity index (χ3n) is 7.18. The summed E-state index contributed by atoms with van der Waals surface area (Å²) in [5.74, 6) is -0.285. The van der Waals surface area contributed by atoms with E-state index >= 15 is 0 Å². The number of rotatable bonds is 3. The number of hydrogen-bond acceptors (Lipinski definition) is 4. The maximum Gasteiger partial charge on any atom is 0.339 e. The van der Waals surface area contributed by atoms with Crippen molar-refractivity contribution in [2.45, 2.75) is 43.9 Å². The maximum atomic E-state index is 13.6. The molecule has 0 N–H and O–H groups in total. The van der Waals surface area contributed by atoms with Crippen LogP contribution in [0.2, 0.25) is 0 Å². The zero-order chi connectivity index (χ0) is 22.5. The summed E-state index contributed by atoms with van der Waals surface area (Å²) in [5.41, 5.74) is 5.43. The Kier molecular flexibility index (Phi) is 4.68. The van der Waals surface area contributed by atoms with Gasteiger partial charge in [0.25, 0.3) is 5.91 Å². The van der Waals surface area contributed by atoms with E-state index in [0.717, 1.165) is 36.1 Å². The van der Waals surface area contributed by atoms with Crippen molar-refractivity contribution in [2.24, 2.45) is 7.05 Å². The lowest BCUT2D eigenvalue weighted by Gasteiger charge is -2.34. The van der Waals surface area contributed by atoms with E-state index in [2.05, 4.69) is 11.2 Å². The highest BCUT2D eigenvalue weighted by Gasteiger charge is 2.40.